The molecule has 0 radical (unpaired) electrons. The Hall–Kier alpha value is -2.02. The second kappa shape index (κ2) is 9.26. The van der Waals surface area contributed by atoms with E-state index in [1.165, 1.54) is 0 Å². The highest BCUT2D eigenvalue weighted by Gasteiger charge is 2.36. The van der Waals surface area contributed by atoms with Gasteiger partial charge in [0, 0.05) is 10.5 Å². The topological polar surface area (TPSA) is 65.4 Å². The average Bonchev–Trinajstić information content (AvgIpc) is 3.10. The highest BCUT2D eigenvalue weighted by molar-refractivity contribution is 9.10. The Bertz CT molecular complexity index is 725. The summed E-state index contributed by atoms with van der Waals surface area (Å²) in [6.45, 7) is 0.234. The van der Waals surface area contributed by atoms with Gasteiger partial charge < -0.3 is 15.0 Å². The van der Waals surface area contributed by atoms with Crippen LogP contribution in [0, 0.1) is 23.7 Å². The van der Waals surface area contributed by atoms with Gasteiger partial charge in [0.15, 0.2) is 0 Å². The van der Waals surface area contributed by atoms with E-state index in [1.807, 2.05) is 24.3 Å². The predicted molar refractivity (Wildman–Crippen MR) is 107 cm³/mol. The average molecular weight is 430 g/mol. The molecule has 1 N–H and O–H groups in total. The fourth-order valence-corrected chi connectivity index (χ4v) is 4.27. The fraction of sp³-hybridized carbons (Fsp3) is 0.524. The van der Waals surface area contributed by atoms with E-state index >= 15 is 0 Å². The van der Waals surface area contributed by atoms with E-state index in [9.17, 15) is 10.1 Å². The number of likely N-dealkylation sites (tertiary alicyclic amines) is 1. The maximum absolute atomic E-state index is 12.6. The molecule has 0 aromatic heterocycles. The van der Waals surface area contributed by atoms with E-state index in [4.69, 9.17) is 11.2 Å². The summed E-state index contributed by atoms with van der Waals surface area (Å²) >= 11 is 3.46. The summed E-state index contributed by atoms with van der Waals surface area (Å²) in [7, 11) is 0. The maximum atomic E-state index is 12.6. The molecule has 0 unspecified atom stereocenters. The number of carbonyl (C=O) groups is 1. The predicted octanol–water partition coefficient (Wildman–Crippen LogP) is 3.25. The van der Waals surface area contributed by atoms with Gasteiger partial charge in [0.1, 0.15) is 11.8 Å². The molecule has 1 aromatic carbocycles. The van der Waals surface area contributed by atoms with Crippen LogP contribution in [0.3, 0.4) is 0 Å². The number of hydrogen-bond acceptors (Lipinski definition) is 4. The SMILES string of the molecule is C#C[C@H]1CC[C@@H](C#N)N1C(=O)CNC1CCC(Oc2cccc(Br)c2)CC1. The molecule has 1 saturated heterocycles. The van der Waals surface area contributed by atoms with Crippen molar-refractivity contribution in [3.63, 3.8) is 0 Å². The Labute approximate surface area is 169 Å². The van der Waals surface area contributed by atoms with Crippen LogP contribution in [0.1, 0.15) is 38.5 Å². The molecule has 2 fully saturated rings. The molecule has 1 aliphatic heterocycles. The van der Waals surface area contributed by atoms with E-state index in [1.54, 1.807) is 4.90 Å². The number of halogens is 1. The number of carbonyl (C=O) groups excluding carboxylic acids is 1. The van der Waals surface area contributed by atoms with E-state index < -0.39 is 6.04 Å². The molecule has 0 bridgehead atoms. The normalized spacial score (nSPS) is 27.6. The lowest BCUT2D eigenvalue weighted by molar-refractivity contribution is -0.131. The molecule has 1 aromatic rings. The lowest BCUT2D eigenvalue weighted by Gasteiger charge is -2.30. The third-order valence-corrected chi connectivity index (χ3v) is 5.82. The van der Waals surface area contributed by atoms with Crippen molar-refractivity contribution in [1.29, 1.82) is 5.26 Å². The first-order valence-electron chi connectivity index (χ1n) is 9.43. The minimum Gasteiger partial charge on any atom is -0.490 e. The molecule has 1 heterocycles. The van der Waals surface area contributed by atoms with Gasteiger partial charge >= 0.3 is 0 Å². The van der Waals surface area contributed by atoms with Crippen molar-refractivity contribution in [1.82, 2.24) is 10.2 Å². The molecule has 142 valence electrons. The molecule has 0 spiro atoms. The molecule has 27 heavy (non-hydrogen) atoms. The molecule has 1 aliphatic carbocycles. The third kappa shape index (κ3) is 5.03. The monoisotopic (exact) mass is 429 g/mol. The van der Waals surface area contributed by atoms with Gasteiger partial charge in [-0.3, -0.25) is 4.79 Å². The highest BCUT2D eigenvalue weighted by Crippen LogP contribution is 2.26. The summed E-state index contributed by atoms with van der Waals surface area (Å²) in [6, 6.07) is 9.74. The first kappa shape index (κ1) is 19.7. The lowest BCUT2D eigenvalue weighted by Crippen LogP contribution is -2.47. The fourth-order valence-electron chi connectivity index (χ4n) is 3.89. The van der Waals surface area contributed by atoms with E-state index in [-0.39, 0.29) is 24.6 Å². The van der Waals surface area contributed by atoms with Gasteiger partial charge in [-0.1, -0.05) is 27.9 Å². The zero-order valence-electron chi connectivity index (χ0n) is 15.2. The van der Waals surface area contributed by atoms with Crippen molar-refractivity contribution in [2.24, 2.45) is 0 Å². The van der Waals surface area contributed by atoms with Gasteiger partial charge in [-0.25, -0.2) is 0 Å². The number of nitrogens with one attached hydrogen (secondary N) is 1. The Morgan fingerprint density at radius 1 is 1.26 bits per heavy atom. The summed E-state index contributed by atoms with van der Waals surface area (Å²) in [5, 5.41) is 12.6. The molecule has 2 aliphatic rings. The van der Waals surface area contributed by atoms with Crippen molar-refractivity contribution in [3.8, 4) is 24.2 Å². The van der Waals surface area contributed by atoms with Crippen LogP contribution < -0.4 is 10.1 Å². The number of ether oxygens (including phenoxy) is 1. The molecular weight excluding hydrogens is 406 g/mol. The van der Waals surface area contributed by atoms with E-state index in [0.717, 1.165) is 35.9 Å². The summed E-state index contributed by atoms with van der Waals surface area (Å²) in [4.78, 5) is 14.1. The van der Waals surface area contributed by atoms with Crippen LogP contribution >= 0.6 is 15.9 Å². The summed E-state index contributed by atoms with van der Waals surface area (Å²) in [6.07, 6.45) is 10.9. The third-order valence-electron chi connectivity index (χ3n) is 5.33. The molecule has 5 nitrogen and oxygen atoms in total. The lowest BCUT2D eigenvalue weighted by atomic mass is 9.93. The number of benzene rings is 1. The van der Waals surface area contributed by atoms with Gasteiger partial charge in [0.05, 0.1) is 24.8 Å². The molecule has 2 atom stereocenters. The first-order chi connectivity index (χ1) is 13.1. The van der Waals surface area contributed by atoms with Gasteiger partial charge in [0.25, 0.3) is 0 Å². The largest absolute Gasteiger partial charge is 0.490 e. The van der Waals surface area contributed by atoms with Crippen LogP contribution in [0.2, 0.25) is 0 Å². The van der Waals surface area contributed by atoms with Crippen molar-refractivity contribution in [2.75, 3.05) is 6.54 Å². The van der Waals surface area contributed by atoms with Crippen LogP contribution in [0.5, 0.6) is 5.75 Å². The van der Waals surface area contributed by atoms with Crippen LogP contribution in [-0.4, -0.2) is 41.6 Å². The van der Waals surface area contributed by atoms with Gasteiger partial charge in [-0.2, -0.15) is 5.26 Å². The molecule has 1 amide bonds. The van der Waals surface area contributed by atoms with Crippen LogP contribution in [0.25, 0.3) is 0 Å². The number of amides is 1. The van der Waals surface area contributed by atoms with Gasteiger partial charge in [-0.15, -0.1) is 6.42 Å². The minimum atomic E-state index is -0.394. The smallest absolute Gasteiger partial charge is 0.238 e. The van der Waals surface area contributed by atoms with Crippen molar-refractivity contribution in [2.45, 2.75) is 62.8 Å². The summed E-state index contributed by atoms with van der Waals surface area (Å²) in [5.74, 6) is 3.44. The second-order valence-electron chi connectivity index (χ2n) is 7.14. The highest BCUT2D eigenvalue weighted by atomic mass is 79.9. The Morgan fingerprint density at radius 3 is 2.67 bits per heavy atom. The van der Waals surface area contributed by atoms with Crippen molar-refractivity contribution < 1.29 is 9.53 Å². The molecule has 1 saturated carbocycles. The zero-order chi connectivity index (χ0) is 19.2. The van der Waals surface area contributed by atoms with Crippen LogP contribution in [0.4, 0.5) is 0 Å². The van der Waals surface area contributed by atoms with Crippen molar-refractivity contribution in [3.05, 3.63) is 28.7 Å². The second-order valence-corrected chi connectivity index (χ2v) is 8.05. The Morgan fingerprint density at radius 2 is 2.00 bits per heavy atom. The van der Waals surface area contributed by atoms with Crippen LogP contribution in [0.15, 0.2) is 28.7 Å². The number of nitriles is 1. The standard InChI is InChI=1S/C21H24BrN3O2/c1-2-17-8-9-18(13-23)25(17)21(26)14-24-16-6-10-19(11-7-16)27-20-5-3-4-15(22)12-20/h1,3-5,12,16-19,24H,6-11,14H2/t16?,17-,18-,19?/m0/s1. The van der Waals surface area contributed by atoms with Crippen LogP contribution in [-0.2, 0) is 4.79 Å². The maximum Gasteiger partial charge on any atom is 0.238 e. The zero-order valence-corrected chi connectivity index (χ0v) is 16.8. The van der Waals surface area contributed by atoms with Gasteiger partial charge in [-0.05, 0) is 56.7 Å². The Balaban J connectivity index is 1.43. The quantitative estimate of drug-likeness (QED) is 0.729. The minimum absolute atomic E-state index is 0.0745. The van der Waals surface area contributed by atoms with E-state index in [0.29, 0.717) is 18.9 Å². The molecule has 3 rings (SSSR count). The number of nitrogens with zero attached hydrogens (tertiary/aromatic N) is 2. The number of rotatable bonds is 5. The molecule has 6 heteroatoms. The van der Waals surface area contributed by atoms with E-state index in [2.05, 4.69) is 33.2 Å². The van der Waals surface area contributed by atoms with Gasteiger partial charge in [0.2, 0.25) is 5.91 Å². The molecular formula is C21H24BrN3O2. The summed E-state index contributed by atoms with van der Waals surface area (Å²) < 4.78 is 7.07. The summed E-state index contributed by atoms with van der Waals surface area (Å²) in [5.41, 5.74) is 0. The number of hydrogen-bond donors (Lipinski definition) is 1. The number of terminal acetylenes is 1. The van der Waals surface area contributed by atoms with Crippen molar-refractivity contribution >= 4 is 21.8 Å². The first-order valence-corrected chi connectivity index (χ1v) is 10.2. The Kier molecular flexibility index (Phi) is 6.77.